The molecule has 2 fully saturated rings. The number of hydrogen-bond donors (Lipinski definition) is 0. The highest BCUT2D eigenvalue weighted by molar-refractivity contribution is 6.23. The molecule has 2 aliphatic carbocycles. The molecule has 0 unspecified atom stereocenters. The summed E-state index contributed by atoms with van der Waals surface area (Å²) in [7, 11) is 1.55. The van der Waals surface area contributed by atoms with Crippen LogP contribution in [0.4, 0.5) is 5.69 Å². The Hall–Kier alpha value is -3.41. The second-order valence-electron chi connectivity index (χ2n) is 8.42. The van der Waals surface area contributed by atoms with Gasteiger partial charge in [0.15, 0.2) is 12.4 Å². The van der Waals surface area contributed by atoms with Crippen LogP contribution in [0.2, 0.25) is 0 Å². The second kappa shape index (κ2) is 7.38. The SMILES string of the molecule is COc1cccc(C(=O)COc2cccc(N3C(=O)[C@@H]4[C@@H](C3=O)[C@@H]3C[C@H]4C=C3C)c2)c1. The molecule has 1 heterocycles. The van der Waals surface area contributed by atoms with Crippen molar-refractivity contribution in [3.63, 3.8) is 0 Å². The minimum Gasteiger partial charge on any atom is -0.497 e. The Kier molecular flexibility index (Phi) is 4.65. The Bertz CT molecular complexity index is 1120. The lowest BCUT2D eigenvalue weighted by atomic mass is 9.82. The number of benzene rings is 2. The maximum Gasteiger partial charge on any atom is 0.238 e. The van der Waals surface area contributed by atoms with Crippen molar-refractivity contribution in [2.75, 3.05) is 18.6 Å². The van der Waals surface area contributed by atoms with Crippen LogP contribution in [0.15, 0.2) is 60.2 Å². The Labute approximate surface area is 180 Å². The van der Waals surface area contributed by atoms with Crippen LogP contribution in [-0.4, -0.2) is 31.3 Å². The van der Waals surface area contributed by atoms with Crippen molar-refractivity contribution < 1.29 is 23.9 Å². The van der Waals surface area contributed by atoms with Crippen LogP contribution in [0.5, 0.6) is 11.5 Å². The number of nitrogens with zero attached hydrogens (tertiary/aromatic N) is 1. The molecular weight excluding hydrogens is 394 g/mol. The van der Waals surface area contributed by atoms with E-state index < -0.39 is 0 Å². The van der Waals surface area contributed by atoms with E-state index in [0.29, 0.717) is 22.7 Å². The van der Waals surface area contributed by atoms with Gasteiger partial charge in [-0.15, -0.1) is 0 Å². The van der Waals surface area contributed by atoms with E-state index in [1.807, 2.05) is 0 Å². The highest BCUT2D eigenvalue weighted by Gasteiger charge is 2.60. The van der Waals surface area contributed by atoms with Crippen molar-refractivity contribution in [1.82, 2.24) is 0 Å². The van der Waals surface area contributed by atoms with Crippen LogP contribution in [0.25, 0.3) is 0 Å². The van der Waals surface area contributed by atoms with E-state index in [-0.39, 0.29) is 47.9 Å². The van der Waals surface area contributed by atoms with Gasteiger partial charge in [-0.25, -0.2) is 4.90 Å². The number of ketones is 1. The van der Waals surface area contributed by atoms with E-state index in [2.05, 4.69) is 13.0 Å². The zero-order valence-corrected chi connectivity index (χ0v) is 17.4. The number of methoxy groups -OCH3 is 1. The topological polar surface area (TPSA) is 72.9 Å². The number of anilines is 1. The fourth-order valence-electron chi connectivity index (χ4n) is 5.27. The maximum atomic E-state index is 13.1. The molecule has 2 aromatic carbocycles. The van der Waals surface area contributed by atoms with Gasteiger partial charge in [0.1, 0.15) is 11.5 Å². The van der Waals surface area contributed by atoms with E-state index in [1.165, 1.54) is 10.5 Å². The highest BCUT2D eigenvalue weighted by atomic mass is 16.5. The summed E-state index contributed by atoms with van der Waals surface area (Å²) < 4.78 is 10.8. The number of ether oxygens (including phenoxy) is 2. The summed E-state index contributed by atoms with van der Waals surface area (Å²) in [6.07, 6.45) is 3.06. The molecule has 0 radical (unpaired) electrons. The molecule has 3 aliphatic rings. The molecule has 6 heteroatoms. The average Bonchev–Trinajstić information content (AvgIpc) is 3.42. The maximum absolute atomic E-state index is 13.1. The van der Waals surface area contributed by atoms with Crippen molar-refractivity contribution >= 4 is 23.3 Å². The standard InChI is InChI=1S/C25H23NO5/c1-14-9-16-11-20(14)23-22(16)24(28)26(25(23)29)17-6-4-8-19(12-17)31-13-21(27)15-5-3-7-18(10-15)30-2/h3-10,12,16,20,22-23H,11,13H2,1-2H3/t16-,20-,22+,23+/m1/s1. The molecule has 0 spiro atoms. The molecule has 0 N–H and O–H groups in total. The van der Waals surface area contributed by atoms with E-state index >= 15 is 0 Å². The van der Waals surface area contributed by atoms with Crippen LogP contribution in [0, 0.1) is 23.7 Å². The number of allylic oxidation sites excluding steroid dienone is 2. The Morgan fingerprint density at radius 3 is 2.58 bits per heavy atom. The third-order valence-corrected chi connectivity index (χ3v) is 6.72. The number of imide groups is 1. The molecule has 4 atom stereocenters. The Morgan fingerprint density at radius 1 is 1.03 bits per heavy atom. The van der Waals surface area contributed by atoms with Crippen LogP contribution >= 0.6 is 0 Å². The summed E-state index contributed by atoms with van der Waals surface area (Å²) in [5.74, 6) is 0.433. The van der Waals surface area contributed by atoms with Crippen molar-refractivity contribution in [1.29, 1.82) is 0 Å². The molecule has 1 aliphatic heterocycles. The summed E-state index contributed by atoms with van der Waals surface area (Å²) in [6, 6.07) is 13.7. The van der Waals surface area contributed by atoms with Gasteiger partial charge < -0.3 is 9.47 Å². The lowest BCUT2D eigenvalue weighted by Gasteiger charge is -2.19. The van der Waals surface area contributed by atoms with Crippen molar-refractivity contribution in [3.05, 3.63) is 65.7 Å². The molecule has 1 saturated carbocycles. The van der Waals surface area contributed by atoms with Gasteiger partial charge in [0.05, 0.1) is 24.6 Å². The van der Waals surface area contributed by atoms with Crippen LogP contribution in [-0.2, 0) is 9.59 Å². The number of fused-ring (bicyclic) bond motifs is 5. The van der Waals surface area contributed by atoms with Gasteiger partial charge in [-0.3, -0.25) is 14.4 Å². The molecular formula is C25H23NO5. The first-order valence-electron chi connectivity index (χ1n) is 10.4. The van der Waals surface area contributed by atoms with Gasteiger partial charge in [0.2, 0.25) is 11.8 Å². The van der Waals surface area contributed by atoms with Gasteiger partial charge in [0.25, 0.3) is 0 Å². The molecule has 2 amide bonds. The molecule has 31 heavy (non-hydrogen) atoms. The summed E-state index contributed by atoms with van der Waals surface area (Å²) in [4.78, 5) is 40.0. The summed E-state index contributed by atoms with van der Waals surface area (Å²) in [5.41, 5.74) is 2.21. The molecule has 6 nitrogen and oxygen atoms in total. The quantitative estimate of drug-likeness (QED) is 0.407. The predicted molar refractivity (Wildman–Crippen MR) is 114 cm³/mol. The lowest BCUT2D eigenvalue weighted by Crippen LogP contribution is -2.32. The van der Waals surface area contributed by atoms with E-state index in [0.717, 1.165) is 6.42 Å². The third-order valence-electron chi connectivity index (χ3n) is 6.72. The van der Waals surface area contributed by atoms with Crippen molar-refractivity contribution in [3.8, 4) is 11.5 Å². The van der Waals surface area contributed by atoms with Gasteiger partial charge in [-0.05, 0) is 49.4 Å². The molecule has 1 saturated heterocycles. The highest BCUT2D eigenvalue weighted by Crippen LogP contribution is 2.55. The predicted octanol–water partition coefficient (Wildman–Crippen LogP) is 3.66. The largest absolute Gasteiger partial charge is 0.497 e. The molecule has 158 valence electrons. The van der Waals surface area contributed by atoms with Gasteiger partial charge >= 0.3 is 0 Å². The zero-order chi connectivity index (χ0) is 21.7. The number of carbonyl (C=O) groups excluding carboxylic acids is 3. The molecule has 2 aromatic rings. The van der Waals surface area contributed by atoms with Crippen molar-refractivity contribution in [2.24, 2.45) is 23.7 Å². The normalized spacial score (nSPS) is 26.1. The molecule has 0 aromatic heterocycles. The Morgan fingerprint density at radius 2 is 1.77 bits per heavy atom. The smallest absolute Gasteiger partial charge is 0.238 e. The molecule has 2 bridgehead atoms. The fraction of sp³-hybridized carbons (Fsp3) is 0.320. The average molecular weight is 417 g/mol. The minimum atomic E-state index is -0.250. The number of rotatable bonds is 6. The van der Waals surface area contributed by atoms with Crippen LogP contribution in [0.1, 0.15) is 23.7 Å². The fourth-order valence-corrected chi connectivity index (χ4v) is 5.27. The summed E-state index contributed by atoms with van der Waals surface area (Å²) in [6.45, 7) is 1.89. The van der Waals surface area contributed by atoms with E-state index in [1.54, 1.807) is 55.6 Å². The zero-order valence-electron chi connectivity index (χ0n) is 17.4. The van der Waals surface area contributed by atoms with E-state index in [9.17, 15) is 14.4 Å². The van der Waals surface area contributed by atoms with Gasteiger partial charge in [0, 0.05) is 11.6 Å². The van der Waals surface area contributed by atoms with Crippen LogP contribution in [0.3, 0.4) is 0 Å². The second-order valence-corrected chi connectivity index (χ2v) is 8.42. The summed E-state index contributed by atoms with van der Waals surface area (Å²) in [5, 5.41) is 0. The first kappa shape index (κ1) is 19.5. The van der Waals surface area contributed by atoms with Gasteiger partial charge in [-0.1, -0.05) is 29.8 Å². The van der Waals surface area contributed by atoms with Crippen molar-refractivity contribution in [2.45, 2.75) is 13.3 Å². The number of carbonyl (C=O) groups is 3. The van der Waals surface area contributed by atoms with E-state index in [4.69, 9.17) is 9.47 Å². The minimum absolute atomic E-state index is 0.125. The number of amides is 2. The molecule has 5 rings (SSSR count). The lowest BCUT2D eigenvalue weighted by molar-refractivity contribution is -0.123. The first-order chi connectivity index (χ1) is 15.0. The Balaban J connectivity index is 1.31. The third kappa shape index (κ3) is 3.14. The number of hydrogen-bond acceptors (Lipinski definition) is 5. The van der Waals surface area contributed by atoms with Gasteiger partial charge in [-0.2, -0.15) is 0 Å². The number of Topliss-reactive ketones (excluding diaryl/α,β-unsaturated/α-hetero) is 1. The monoisotopic (exact) mass is 417 g/mol. The van der Waals surface area contributed by atoms with Crippen LogP contribution < -0.4 is 14.4 Å². The first-order valence-corrected chi connectivity index (χ1v) is 10.4. The summed E-state index contributed by atoms with van der Waals surface area (Å²) >= 11 is 0.